The molecule has 0 aliphatic heterocycles. The third kappa shape index (κ3) is 2.54. The number of rotatable bonds is 3. The van der Waals surface area contributed by atoms with Gasteiger partial charge in [-0.3, -0.25) is 0 Å². The van der Waals surface area contributed by atoms with Gasteiger partial charge in [0.2, 0.25) is 0 Å². The molecule has 4 rings (SSSR count). The van der Waals surface area contributed by atoms with Gasteiger partial charge in [0.05, 0.1) is 0 Å². The Hall–Kier alpha value is -2.16. The molecule has 0 unspecified atom stereocenters. The minimum absolute atomic E-state index is 0.311. The quantitative estimate of drug-likeness (QED) is 0.405. The summed E-state index contributed by atoms with van der Waals surface area (Å²) >= 11 is 0. The summed E-state index contributed by atoms with van der Waals surface area (Å²) in [7, 11) is -0.665. The maximum absolute atomic E-state index is 5.92. The summed E-state index contributed by atoms with van der Waals surface area (Å²) < 4.78 is 5.92. The summed E-state index contributed by atoms with van der Waals surface area (Å²) in [4.78, 5) is 0. The van der Waals surface area contributed by atoms with Crippen molar-refractivity contribution in [1.29, 1.82) is 0 Å². The van der Waals surface area contributed by atoms with Gasteiger partial charge in [-0.1, -0.05) is 66.7 Å². The van der Waals surface area contributed by atoms with Crippen LogP contribution in [0.15, 0.2) is 66.7 Å². The Morgan fingerprint density at radius 2 is 1.13 bits per heavy atom. The fraction of sp³-hybridized carbons (Fsp3) is 0.143. The fourth-order valence-corrected chi connectivity index (χ4v) is 4.33. The highest BCUT2D eigenvalue weighted by atomic mass is 28.2. The molecule has 0 saturated carbocycles. The predicted molar refractivity (Wildman–Crippen MR) is 103 cm³/mol. The molecule has 0 aromatic heterocycles. The van der Waals surface area contributed by atoms with E-state index < -0.39 is 9.76 Å². The van der Waals surface area contributed by atoms with Gasteiger partial charge in [0, 0.05) is 6.10 Å². The van der Waals surface area contributed by atoms with E-state index in [4.69, 9.17) is 4.43 Å². The van der Waals surface area contributed by atoms with Crippen molar-refractivity contribution in [2.45, 2.75) is 20.0 Å². The second-order valence-corrected chi connectivity index (χ2v) is 7.77. The Morgan fingerprint density at radius 1 is 0.652 bits per heavy atom. The molecule has 1 nitrogen and oxygen atoms in total. The van der Waals surface area contributed by atoms with E-state index in [1.165, 1.54) is 37.5 Å². The van der Waals surface area contributed by atoms with Gasteiger partial charge in [-0.15, -0.1) is 0 Å². The first kappa shape index (κ1) is 14.4. The first-order chi connectivity index (χ1) is 11.2. The maximum atomic E-state index is 5.92. The Bertz CT molecular complexity index is 969. The van der Waals surface area contributed by atoms with E-state index in [1.807, 2.05) is 0 Å². The molecule has 0 heterocycles. The van der Waals surface area contributed by atoms with Gasteiger partial charge in [-0.25, -0.2) is 0 Å². The summed E-state index contributed by atoms with van der Waals surface area (Å²) in [5, 5.41) is 9.38. The van der Waals surface area contributed by atoms with Crippen LogP contribution in [0.2, 0.25) is 0 Å². The van der Waals surface area contributed by atoms with Crippen LogP contribution >= 0.6 is 0 Å². The van der Waals surface area contributed by atoms with Gasteiger partial charge < -0.3 is 4.43 Å². The van der Waals surface area contributed by atoms with Crippen LogP contribution in [0.1, 0.15) is 13.8 Å². The average Bonchev–Trinajstić information content (AvgIpc) is 2.60. The van der Waals surface area contributed by atoms with E-state index in [2.05, 4.69) is 80.6 Å². The minimum Gasteiger partial charge on any atom is -0.416 e. The fourth-order valence-electron chi connectivity index (χ4n) is 3.31. The van der Waals surface area contributed by atoms with Crippen LogP contribution < -0.4 is 5.19 Å². The molecular weight excluding hydrogens is 296 g/mol. The standard InChI is InChI=1S/C21H20OSi/c1-14(2)22-23-15-11-12-20-18-9-4-3-7-16(18)17-8-5-6-10-19(17)21(20)13-15/h3-14H,23H2,1-2H3. The number of benzene rings is 4. The van der Waals surface area contributed by atoms with E-state index in [1.54, 1.807) is 0 Å². The Morgan fingerprint density at radius 3 is 1.65 bits per heavy atom. The third-order valence-electron chi connectivity index (χ3n) is 4.39. The van der Waals surface area contributed by atoms with Crippen LogP contribution in [-0.2, 0) is 4.43 Å². The van der Waals surface area contributed by atoms with E-state index in [9.17, 15) is 0 Å². The zero-order valence-electron chi connectivity index (χ0n) is 13.5. The molecule has 0 aliphatic rings. The monoisotopic (exact) mass is 316 g/mol. The van der Waals surface area contributed by atoms with Crippen molar-refractivity contribution in [1.82, 2.24) is 0 Å². The van der Waals surface area contributed by atoms with Crippen LogP contribution in [0.4, 0.5) is 0 Å². The summed E-state index contributed by atoms with van der Waals surface area (Å²) in [6.07, 6.45) is 0.311. The van der Waals surface area contributed by atoms with E-state index in [0.29, 0.717) is 6.10 Å². The molecule has 0 aliphatic carbocycles. The smallest absolute Gasteiger partial charge is 0.192 e. The molecule has 114 valence electrons. The lowest BCUT2D eigenvalue weighted by Crippen LogP contribution is -2.20. The molecule has 0 radical (unpaired) electrons. The summed E-state index contributed by atoms with van der Waals surface area (Å²) in [5.74, 6) is 0. The lowest BCUT2D eigenvalue weighted by atomic mass is 9.94. The Balaban J connectivity index is 2.04. The van der Waals surface area contributed by atoms with E-state index in [0.717, 1.165) is 0 Å². The number of hydrogen-bond donors (Lipinski definition) is 0. The van der Waals surface area contributed by atoms with Crippen LogP contribution in [0.3, 0.4) is 0 Å². The van der Waals surface area contributed by atoms with Crippen LogP contribution in [0, 0.1) is 0 Å². The minimum atomic E-state index is -0.665. The molecule has 0 fully saturated rings. The lowest BCUT2D eigenvalue weighted by molar-refractivity contribution is 0.260. The molecule has 23 heavy (non-hydrogen) atoms. The van der Waals surface area contributed by atoms with E-state index in [-0.39, 0.29) is 0 Å². The highest BCUT2D eigenvalue weighted by Crippen LogP contribution is 2.34. The molecule has 4 aromatic rings. The third-order valence-corrected chi connectivity index (χ3v) is 6.00. The summed E-state index contributed by atoms with van der Waals surface area (Å²) in [6, 6.07) is 24.3. The molecular formula is C21H20OSi. The van der Waals surface area contributed by atoms with Gasteiger partial charge >= 0.3 is 0 Å². The zero-order valence-corrected chi connectivity index (χ0v) is 15.0. The zero-order chi connectivity index (χ0) is 15.8. The Kier molecular flexibility index (Phi) is 3.64. The molecule has 4 aromatic carbocycles. The first-order valence-corrected chi connectivity index (χ1v) is 9.46. The van der Waals surface area contributed by atoms with Crippen molar-refractivity contribution in [3.63, 3.8) is 0 Å². The van der Waals surface area contributed by atoms with Gasteiger partial charge in [0.25, 0.3) is 0 Å². The highest BCUT2D eigenvalue weighted by Gasteiger charge is 2.09. The van der Waals surface area contributed by atoms with Crippen molar-refractivity contribution in [3.05, 3.63) is 66.7 Å². The van der Waals surface area contributed by atoms with Crippen molar-refractivity contribution >= 4 is 47.3 Å². The molecule has 2 heteroatoms. The summed E-state index contributed by atoms with van der Waals surface area (Å²) in [6.45, 7) is 4.22. The highest BCUT2D eigenvalue weighted by molar-refractivity contribution is 6.48. The molecule has 0 saturated heterocycles. The topological polar surface area (TPSA) is 9.23 Å². The number of hydrogen-bond acceptors (Lipinski definition) is 1. The molecule has 0 bridgehead atoms. The predicted octanol–water partition coefficient (Wildman–Crippen LogP) is 4.28. The van der Waals surface area contributed by atoms with Gasteiger partial charge in [0.15, 0.2) is 9.76 Å². The van der Waals surface area contributed by atoms with Crippen molar-refractivity contribution in [2.24, 2.45) is 0 Å². The van der Waals surface area contributed by atoms with Crippen LogP contribution in [-0.4, -0.2) is 15.9 Å². The molecule has 0 spiro atoms. The lowest BCUT2D eigenvalue weighted by Gasteiger charge is -2.12. The average molecular weight is 316 g/mol. The van der Waals surface area contributed by atoms with Crippen LogP contribution in [0.5, 0.6) is 0 Å². The number of fused-ring (bicyclic) bond motifs is 6. The largest absolute Gasteiger partial charge is 0.416 e. The SMILES string of the molecule is CC(C)O[SiH2]c1ccc2c3ccccc3c3ccccc3c2c1. The first-order valence-electron chi connectivity index (χ1n) is 8.18. The van der Waals surface area contributed by atoms with Crippen molar-refractivity contribution in [3.8, 4) is 0 Å². The van der Waals surface area contributed by atoms with Crippen molar-refractivity contribution < 1.29 is 4.43 Å². The molecule has 0 atom stereocenters. The second-order valence-electron chi connectivity index (χ2n) is 6.33. The maximum Gasteiger partial charge on any atom is 0.192 e. The van der Waals surface area contributed by atoms with Crippen molar-refractivity contribution in [2.75, 3.05) is 0 Å². The van der Waals surface area contributed by atoms with Crippen LogP contribution in [0.25, 0.3) is 32.3 Å². The van der Waals surface area contributed by atoms with Gasteiger partial charge in [-0.05, 0) is 51.4 Å². The molecule has 0 amide bonds. The van der Waals surface area contributed by atoms with E-state index >= 15 is 0 Å². The van der Waals surface area contributed by atoms with Gasteiger partial charge in [0.1, 0.15) is 0 Å². The second kappa shape index (κ2) is 5.80. The Labute approximate surface area is 138 Å². The normalized spacial score (nSPS) is 12.3. The van der Waals surface area contributed by atoms with Gasteiger partial charge in [-0.2, -0.15) is 0 Å². The summed E-state index contributed by atoms with van der Waals surface area (Å²) in [5.41, 5.74) is 0. The molecule has 0 N–H and O–H groups in total.